The summed E-state index contributed by atoms with van der Waals surface area (Å²) in [5.74, 6) is 0.0841. The minimum Gasteiger partial charge on any atom is -0.484 e. The van der Waals surface area contributed by atoms with E-state index in [0.29, 0.717) is 37.3 Å². The van der Waals surface area contributed by atoms with Crippen molar-refractivity contribution in [1.29, 1.82) is 0 Å². The van der Waals surface area contributed by atoms with Crippen LogP contribution in [0.3, 0.4) is 0 Å². The molecule has 1 N–H and O–H groups in total. The van der Waals surface area contributed by atoms with Crippen LogP contribution in [0.5, 0.6) is 5.75 Å². The largest absolute Gasteiger partial charge is 0.484 e. The van der Waals surface area contributed by atoms with Gasteiger partial charge in [0, 0.05) is 5.69 Å². The Labute approximate surface area is 216 Å². The van der Waals surface area contributed by atoms with Gasteiger partial charge in [-0.3, -0.25) is 14.5 Å². The van der Waals surface area contributed by atoms with Gasteiger partial charge in [-0.05, 0) is 47.5 Å². The highest BCUT2D eigenvalue weighted by Crippen LogP contribution is 2.33. The van der Waals surface area contributed by atoms with E-state index in [-0.39, 0.29) is 18.4 Å². The molecule has 0 aliphatic carbocycles. The van der Waals surface area contributed by atoms with Gasteiger partial charge in [0.25, 0.3) is 11.8 Å². The molecule has 0 saturated carbocycles. The molecule has 0 spiro atoms. The van der Waals surface area contributed by atoms with Crippen LogP contribution in [0.2, 0.25) is 10.0 Å². The molecular weight excluding hydrogens is 511 g/mol. The number of nitrogens with zero attached hydrogens (tertiary/aromatic N) is 1. The van der Waals surface area contributed by atoms with Gasteiger partial charge in [-0.25, -0.2) is 0 Å². The maximum Gasteiger partial charge on any atom is 0.266 e. The summed E-state index contributed by atoms with van der Waals surface area (Å²) in [7, 11) is 0. The third-order valence-corrected chi connectivity index (χ3v) is 6.93. The molecule has 3 aromatic rings. The highest BCUT2D eigenvalue weighted by molar-refractivity contribution is 8.26. The van der Waals surface area contributed by atoms with Crippen molar-refractivity contribution in [3.05, 3.63) is 98.9 Å². The standard InChI is InChI=1S/C25H18Cl2N2O3S2/c26-20-11-8-18(13-21(20)27)28-23(30)15-32-19-9-6-16(7-10-19)12-22-24(31)29(25(33)34-22)14-17-4-2-1-3-5-17/h1-13H,14-15H2,(H,28,30)/b22-12-. The summed E-state index contributed by atoms with van der Waals surface area (Å²) in [6, 6.07) is 21.7. The van der Waals surface area contributed by atoms with Gasteiger partial charge >= 0.3 is 0 Å². The molecule has 1 fully saturated rings. The van der Waals surface area contributed by atoms with Gasteiger partial charge in [-0.2, -0.15) is 0 Å². The molecule has 0 unspecified atom stereocenters. The number of thioether (sulfide) groups is 1. The van der Waals surface area contributed by atoms with Gasteiger partial charge in [0.15, 0.2) is 6.61 Å². The first-order valence-electron chi connectivity index (χ1n) is 10.2. The van der Waals surface area contributed by atoms with Crippen molar-refractivity contribution in [3.63, 3.8) is 0 Å². The second-order valence-corrected chi connectivity index (χ2v) is 9.78. The fourth-order valence-corrected chi connectivity index (χ4v) is 4.69. The number of nitrogens with one attached hydrogen (secondary N) is 1. The number of halogens is 2. The van der Waals surface area contributed by atoms with E-state index in [0.717, 1.165) is 11.1 Å². The Morgan fingerprint density at radius 3 is 2.47 bits per heavy atom. The van der Waals surface area contributed by atoms with E-state index >= 15 is 0 Å². The van der Waals surface area contributed by atoms with E-state index < -0.39 is 0 Å². The van der Waals surface area contributed by atoms with Gasteiger partial charge in [0.2, 0.25) is 0 Å². The molecule has 9 heteroatoms. The van der Waals surface area contributed by atoms with E-state index in [2.05, 4.69) is 5.32 Å². The quantitative estimate of drug-likeness (QED) is 0.283. The number of carbonyl (C=O) groups excluding carboxylic acids is 2. The Hall–Kier alpha value is -2.84. The fourth-order valence-electron chi connectivity index (χ4n) is 3.13. The Morgan fingerprint density at radius 1 is 1.03 bits per heavy atom. The van der Waals surface area contributed by atoms with Crippen LogP contribution < -0.4 is 10.1 Å². The summed E-state index contributed by atoms with van der Waals surface area (Å²) in [6.45, 7) is 0.275. The van der Waals surface area contributed by atoms with Crippen molar-refractivity contribution in [2.45, 2.75) is 6.54 Å². The number of thiocarbonyl (C=S) groups is 1. The third-order valence-electron chi connectivity index (χ3n) is 4.81. The second-order valence-electron chi connectivity index (χ2n) is 7.29. The number of carbonyl (C=O) groups is 2. The maximum absolute atomic E-state index is 12.8. The molecule has 1 aliphatic rings. The average Bonchev–Trinajstić information content (AvgIpc) is 3.09. The highest BCUT2D eigenvalue weighted by atomic mass is 35.5. The first-order chi connectivity index (χ1) is 16.4. The Bertz CT molecular complexity index is 1260. The highest BCUT2D eigenvalue weighted by Gasteiger charge is 2.31. The molecule has 0 radical (unpaired) electrons. The molecule has 172 valence electrons. The lowest BCUT2D eigenvalue weighted by Crippen LogP contribution is -2.27. The van der Waals surface area contributed by atoms with Crippen LogP contribution in [0.4, 0.5) is 5.69 Å². The van der Waals surface area contributed by atoms with Crippen LogP contribution in [0.25, 0.3) is 6.08 Å². The fraction of sp³-hybridized carbons (Fsp3) is 0.0800. The van der Waals surface area contributed by atoms with Gasteiger partial charge in [0.05, 0.1) is 21.5 Å². The van der Waals surface area contributed by atoms with Crippen LogP contribution in [0.1, 0.15) is 11.1 Å². The zero-order valence-electron chi connectivity index (χ0n) is 17.7. The molecule has 2 amide bonds. The zero-order valence-corrected chi connectivity index (χ0v) is 20.8. The molecule has 34 heavy (non-hydrogen) atoms. The van der Waals surface area contributed by atoms with Gasteiger partial charge in [-0.15, -0.1) is 0 Å². The first kappa shape index (κ1) is 24.3. The van der Waals surface area contributed by atoms with E-state index in [4.69, 9.17) is 40.2 Å². The monoisotopic (exact) mass is 528 g/mol. The van der Waals surface area contributed by atoms with Crippen LogP contribution in [-0.2, 0) is 16.1 Å². The first-order valence-corrected chi connectivity index (χ1v) is 12.1. The average molecular weight is 529 g/mol. The van der Waals surface area contributed by atoms with Crippen LogP contribution >= 0.6 is 47.2 Å². The normalized spacial score (nSPS) is 14.5. The smallest absolute Gasteiger partial charge is 0.266 e. The molecule has 1 saturated heterocycles. The second kappa shape index (κ2) is 11.1. The summed E-state index contributed by atoms with van der Waals surface area (Å²) >= 11 is 18.5. The van der Waals surface area contributed by atoms with Crippen molar-refractivity contribution in [1.82, 2.24) is 4.90 Å². The predicted molar refractivity (Wildman–Crippen MR) is 142 cm³/mol. The SMILES string of the molecule is O=C(COc1ccc(/C=C2\SC(=S)N(Cc3ccccc3)C2=O)cc1)Nc1ccc(Cl)c(Cl)c1. The summed E-state index contributed by atoms with van der Waals surface area (Å²) in [5, 5.41) is 3.46. The summed E-state index contributed by atoms with van der Waals surface area (Å²) in [4.78, 5) is 27.1. The summed E-state index contributed by atoms with van der Waals surface area (Å²) in [5.41, 5.74) is 2.38. The van der Waals surface area contributed by atoms with Gasteiger partial charge in [-0.1, -0.05) is 89.6 Å². The van der Waals surface area contributed by atoms with E-state index in [9.17, 15) is 9.59 Å². The van der Waals surface area contributed by atoms with Crippen molar-refractivity contribution in [2.75, 3.05) is 11.9 Å². The molecule has 0 bridgehead atoms. The number of hydrogen-bond acceptors (Lipinski definition) is 5. The molecule has 0 aromatic heterocycles. The summed E-state index contributed by atoms with van der Waals surface area (Å²) in [6.07, 6.45) is 1.80. The Kier molecular flexibility index (Phi) is 7.90. The zero-order chi connectivity index (χ0) is 24.1. The Morgan fingerprint density at radius 2 is 1.76 bits per heavy atom. The number of rotatable bonds is 7. The predicted octanol–water partition coefficient (Wildman–Crippen LogP) is 6.41. The number of amides is 2. The topological polar surface area (TPSA) is 58.6 Å². The van der Waals surface area contributed by atoms with E-state index in [1.165, 1.54) is 11.8 Å². The Balaban J connectivity index is 1.33. The number of hydrogen-bond donors (Lipinski definition) is 1. The summed E-state index contributed by atoms with van der Waals surface area (Å²) < 4.78 is 6.08. The van der Waals surface area contributed by atoms with Crippen molar-refractivity contribution in [3.8, 4) is 5.75 Å². The molecule has 5 nitrogen and oxygen atoms in total. The number of ether oxygens (including phenoxy) is 1. The lowest BCUT2D eigenvalue weighted by atomic mass is 10.2. The van der Waals surface area contributed by atoms with Crippen LogP contribution in [0.15, 0.2) is 77.7 Å². The minimum absolute atomic E-state index is 0.113. The number of benzene rings is 3. The number of anilines is 1. The third kappa shape index (κ3) is 6.18. The lowest BCUT2D eigenvalue weighted by molar-refractivity contribution is -0.122. The van der Waals surface area contributed by atoms with Crippen molar-refractivity contribution < 1.29 is 14.3 Å². The molecule has 0 atom stereocenters. The molecule has 3 aromatic carbocycles. The van der Waals surface area contributed by atoms with Gasteiger partial charge < -0.3 is 10.1 Å². The molecular formula is C25H18Cl2N2O3S2. The minimum atomic E-state index is -0.329. The van der Waals surface area contributed by atoms with Crippen molar-refractivity contribution in [2.24, 2.45) is 0 Å². The van der Waals surface area contributed by atoms with Gasteiger partial charge in [0.1, 0.15) is 10.1 Å². The van der Waals surface area contributed by atoms with Crippen LogP contribution in [-0.4, -0.2) is 27.6 Å². The lowest BCUT2D eigenvalue weighted by Gasteiger charge is -2.14. The maximum atomic E-state index is 12.8. The van der Waals surface area contributed by atoms with Crippen molar-refractivity contribution >= 4 is 75.1 Å². The van der Waals surface area contributed by atoms with Crippen LogP contribution in [0, 0.1) is 0 Å². The van der Waals surface area contributed by atoms with E-state index in [1.54, 1.807) is 41.3 Å². The van der Waals surface area contributed by atoms with E-state index in [1.807, 2.05) is 42.5 Å². The molecule has 1 aliphatic heterocycles. The molecule has 4 rings (SSSR count). The molecule has 1 heterocycles.